The first kappa shape index (κ1) is 18.7. The van der Waals surface area contributed by atoms with Crippen molar-refractivity contribution in [2.75, 3.05) is 13.1 Å². The number of likely N-dealkylation sites (tertiary alicyclic amines) is 1. The van der Waals surface area contributed by atoms with Crippen LogP contribution in [0.5, 0.6) is 0 Å². The molecule has 1 fully saturated rings. The Hall–Kier alpha value is -1.31. The molecule has 3 amide bonds. The van der Waals surface area contributed by atoms with Crippen LogP contribution in [0.25, 0.3) is 0 Å². The van der Waals surface area contributed by atoms with Crippen LogP contribution < -0.4 is 16.8 Å². The summed E-state index contributed by atoms with van der Waals surface area (Å²) in [6.45, 7) is 3.33. The molecule has 1 aliphatic heterocycles. The van der Waals surface area contributed by atoms with E-state index in [0.29, 0.717) is 19.0 Å². The molecule has 0 saturated carbocycles. The Morgan fingerprint density at radius 2 is 2.27 bits per heavy atom. The smallest absolute Gasteiger partial charge is 0.312 e. The van der Waals surface area contributed by atoms with Crippen molar-refractivity contribution < 1.29 is 9.59 Å². The molecule has 0 spiro atoms. The second-order valence-electron chi connectivity index (χ2n) is 5.51. The first-order valence-corrected chi connectivity index (χ1v) is 7.98. The minimum atomic E-state index is -0.615. The normalized spacial score (nSPS) is 22.0. The highest BCUT2D eigenvalue weighted by Gasteiger charge is 2.33. The van der Waals surface area contributed by atoms with E-state index in [-0.39, 0.29) is 36.8 Å². The van der Waals surface area contributed by atoms with Crippen molar-refractivity contribution >= 4 is 35.7 Å². The van der Waals surface area contributed by atoms with Crippen LogP contribution >= 0.6 is 23.7 Å². The molecule has 1 aromatic heterocycles. The number of halogens is 1. The molecule has 8 heteroatoms. The van der Waals surface area contributed by atoms with Gasteiger partial charge in [-0.2, -0.15) is 0 Å². The summed E-state index contributed by atoms with van der Waals surface area (Å²) in [5.74, 6) is 0.402. The van der Waals surface area contributed by atoms with Crippen LogP contribution in [0.15, 0.2) is 17.5 Å². The lowest BCUT2D eigenvalue weighted by molar-refractivity contribution is -0.132. The standard InChI is InChI=1S/C14H22N4O2S.ClH/c1-9-5-10(7-15)8-18(9)13(19)6-11(17-14(16)20)12-3-2-4-21-12;/h2-4,9-11H,5-8,15H2,1H3,(H3,16,17,20);1H. The van der Waals surface area contributed by atoms with Gasteiger partial charge in [-0.1, -0.05) is 6.07 Å². The van der Waals surface area contributed by atoms with Crippen LogP contribution in [-0.4, -0.2) is 36.0 Å². The van der Waals surface area contributed by atoms with Gasteiger partial charge in [-0.15, -0.1) is 23.7 Å². The number of urea groups is 1. The zero-order valence-corrected chi connectivity index (χ0v) is 14.2. The molecule has 22 heavy (non-hydrogen) atoms. The van der Waals surface area contributed by atoms with E-state index < -0.39 is 6.03 Å². The van der Waals surface area contributed by atoms with E-state index in [0.717, 1.165) is 11.3 Å². The lowest BCUT2D eigenvalue weighted by Crippen LogP contribution is -2.39. The van der Waals surface area contributed by atoms with Gasteiger partial charge >= 0.3 is 6.03 Å². The van der Waals surface area contributed by atoms with Gasteiger partial charge in [-0.3, -0.25) is 4.79 Å². The van der Waals surface area contributed by atoms with E-state index in [1.54, 1.807) is 0 Å². The number of hydrogen-bond acceptors (Lipinski definition) is 4. The highest BCUT2D eigenvalue weighted by molar-refractivity contribution is 7.10. The topological polar surface area (TPSA) is 101 Å². The van der Waals surface area contributed by atoms with Gasteiger partial charge in [0.2, 0.25) is 5.91 Å². The zero-order valence-electron chi connectivity index (χ0n) is 12.5. The maximum absolute atomic E-state index is 12.5. The summed E-state index contributed by atoms with van der Waals surface area (Å²) in [4.78, 5) is 26.4. The maximum atomic E-state index is 12.5. The molecule has 3 unspecified atom stereocenters. The van der Waals surface area contributed by atoms with Crippen LogP contribution in [0, 0.1) is 5.92 Å². The Kier molecular flexibility index (Phi) is 7.12. The molecule has 0 aromatic carbocycles. The lowest BCUT2D eigenvalue weighted by Gasteiger charge is -2.24. The molecule has 3 atom stereocenters. The van der Waals surface area contributed by atoms with Crippen molar-refractivity contribution in [1.82, 2.24) is 10.2 Å². The van der Waals surface area contributed by atoms with Crippen molar-refractivity contribution in [2.45, 2.75) is 31.8 Å². The summed E-state index contributed by atoms with van der Waals surface area (Å²) >= 11 is 1.50. The van der Waals surface area contributed by atoms with Crippen molar-refractivity contribution in [1.29, 1.82) is 0 Å². The number of rotatable bonds is 5. The van der Waals surface area contributed by atoms with Gasteiger partial charge in [0.15, 0.2) is 0 Å². The van der Waals surface area contributed by atoms with E-state index >= 15 is 0 Å². The molecule has 5 N–H and O–H groups in total. The summed E-state index contributed by atoms with van der Waals surface area (Å²) in [5, 5.41) is 4.57. The van der Waals surface area contributed by atoms with E-state index in [4.69, 9.17) is 11.5 Å². The minimum Gasteiger partial charge on any atom is -0.352 e. The second kappa shape index (κ2) is 8.36. The fourth-order valence-corrected chi connectivity index (χ4v) is 3.61. The van der Waals surface area contributed by atoms with Crippen molar-refractivity contribution in [3.05, 3.63) is 22.4 Å². The van der Waals surface area contributed by atoms with Crippen LogP contribution in [0.1, 0.15) is 30.7 Å². The van der Waals surface area contributed by atoms with Gasteiger partial charge in [0.25, 0.3) is 0 Å². The average molecular weight is 347 g/mol. The van der Waals surface area contributed by atoms with Gasteiger partial charge in [0.1, 0.15) is 0 Å². The lowest BCUT2D eigenvalue weighted by atomic mass is 10.1. The molecule has 2 heterocycles. The third-order valence-electron chi connectivity index (χ3n) is 3.90. The summed E-state index contributed by atoms with van der Waals surface area (Å²) in [5.41, 5.74) is 10.9. The van der Waals surface area contributed by atoms with E-state index in [9.17, 15) is 9.59 Å². The molecule has 6 nitrogen and oxygen atoms in total. The molecule has 1 saturated heterocycles. The van der Waals surface area contributed by atoms with Gasteiger partial charge in [-0.05, 0) is 37.3 Å². The third kappa shape index (κ3) is 4.59. The van der Waals surface area contributed by atoms with Gasteiger partial charge < -0.3 is 21.7 Å². The largest absolute Gasteiger partial charge is 0.352 e. The quantitative estimate of drug-likeness (QED) is 0.752. The Balaban J connectivity index is 0.00000242. The van der Waals surface area contributed by atoms with Gasteiger partial charge in [0, 0.05) is 17.5 Å². The molecular weight excluding hydrogens is 324 g/mol. The van der Waals surface area contributed by atoms with E-state index in [1.165, 1.54) is 11.3 Å². The van der Waals surface area contributed by atoms with Gasteiger partial charge in [0.05, 0.1) is 12.5 Å². The molecule has 0 bridgehead atoms. The van der Waals surface area contributed by atoms with Crippen LogP contribution in [-0.2, 0) is 4.79 Å². The number of carbonyl (C=O) groups is 2. The molecule has 0 radical (unpaired) electrons. The molecule has 1 aromatic rings. The average Bonchev–Trinajstić information content (AvgIpc) is 3.06. The predicted molar refractivity (Wildman–Crippen MR) is 90.0 cm³/mol. The number of primary amides is 1. The number of nitrogens with two attached hydrogens (primary N) is 2. The van der Waals surface area contributed by atoms with Crippen LogP contribution in [0.2, 0.25) is 0 Å². The monoisotopic (exact) mass is 346 g/mol. The Labute approximate surface area is 140 Å². The highest BCUT2D eigenvalue weighted by atomic mass is 35.5. The van der Waals surface area contributed by atoms with Crippen molar-refractivity contribution in [3.63, 3.8) is 0 Å². The highest BCUT2D eigenvalue weighted by Crippen LogP contribution is 2.27. The number of nitrogens with zero attached hydrogens (tertiary/aromatic N) is 1. The first-order chi connectivity index (χ1) is 10.0. The van der Waals surface area contributed by atoms with E-state index in [2.05, 4.69) is 5.32 Å². The Morgan fingerprint density at radius 1 is 1.55 bits per heavy atom. The summed E-state index contributed by atoms with van der Waals surface area (Å²) < 4.78 is 0. The number of thiophene rings is 1. The number of nitrogens with one attached hydrogen (secondary N) is 1. The minimum absolute atomic E-state index is 0. The second-order valence-corrected chi connectivity index (χ2v) is 6.49. The molecule has 124 valence electrons. The Bertz CT molecular complexity index is 497. The number of carbonyl (C=O) groups excluding carboxylic acids is 2. The third-order valence-corrected chi connectivity index (χ3v) is 4.88. The van der Waals surface area contributed by atoms with Crippen molar-refractivity contribution in [3.8, 4) is 0 Å². The first-order valence-electron chi connectivity index (χ1n) is 7.10. The number of amides is 3. The molecule has 0 aliphatic carbocycles. The van der Waals surface area contributed by atoms with Crippen LogP contribution in [0.4, 0.5) is 4.79 Å². The Morgan fingerprint density at radius 3 is 2.77 bits per heavy atom. The molecule has 1 aliphatic rings. The SMILES string of the molecule is CC1CC(CN)CN1C(=O)CC(NC(N)=O)c1cccs1.Cl. The summed E-state index contributed by atoms with van der Waals surface area (Å²) in [7, 11) is 0. The van der Waals surface area contributed by atoms with Gasteiger partial charge in [-0.25, -0.2) is 4.79 Å². The van der Waals surface area contributed by atoms with Crippen LogP contribution in [0.3, 0.4) is 0 Å². The fourth-order valence-electron chi connectivity index (χ4n) is 2.84. The molecular formula is C14H23ClN4O2S. The summed E-state index contributed by atoms with van der Waals surface area (Å²) in [6.07, 6.45) is 1.17. The van der Waals surface area contributed by atoms with Crippen molar-refractivity contribution in [2.24, 2.45) is 17.4 Å². The molecule has 2 rings (SSSR count). The fraction of sp³-hybridized carbons (Fsp3) is 0.571. The zero-order chi connectivity index (χ0) is 15.4. The number of hydrogen-bond donors (Lipinski definition) is 3. The maximum Gasteiger partial charge on any atom is 0.312 e. The predicted octanol–water partition coefficient (Wildman–Crippen LogP) is 1.47. The summed E-state index contributed by atoms with van der Waals surface area (Å²) in [6, 6.07) is 3.01. The van der Waals surface area contributed by atoms with E-state index in [1.807, 2.05) is 29.3 Å².